The number of fused-ring (bicyclic) bond motifs is 3. The molecule has 2 aliphatic rings. The highest BCUT2D eigenvalue weighted by Crippen LogP contribution is 2.47. The van der Waals surface area contributed by atoms with Gasteiger partial charge in [-0.2, -0.15) is 5.10 Å². The Labute approximate surface area is 214 Å². The van der Waals surface area contributed by atoms with E-state index in [0.29, 0.717) is 6.61 Å². The van der Waals surface area contributed by atoms with Crippen molar-refractivity contribution in [3.05, 3.63) is 102 Å². The van der Waals surface area contributed by atoms with E-state index in [1.54, 1.807) is 6.08 Å². The summed E-state index contributed by atoms with van der Waals surface area (Å²) in [5, 5.41) is 7.18. The Morgan fingerprint density at radius 1 is 0.944 bits per heavy atom. The van der Waals surface area contributed by atoms with Crippen molar-refractivity contribution in [1.29, 1.82) is 0 Å². The second-order valence-electron chi connectivity index (χ2n) is 9.26. The average Bonchev–Trinajstić information content (AvgIpc) is 3.38. The molecule has 0 amide bonds. The molecule has 36 heavy (non-hydrogen) atoms. The minimum atomic E-state index is -0.295. The number of ether oxygens (including phenoxy) is 3. The summed E-state index contributed by atoms with van der Waals surface area (Å²) in [6, 6.07) is 24.8. The van der Waals surface area contributed by atoms with E-state index >= 15 is 0 Å². The van der Waals surface area contributed by atoms with Crippen molar-refractivity contribution in [2.24, 2.45) is 5.10 Å². The topological polar surface area (TPSA) is 43.3 Å². The Morgan fingerprint density at radius 2 is 1.69 bits per heavy atom. The van der Waals surface area contributed by atoms with Gasteiger partial charge in [-0.1, -0.05) is 57.0 Å². The third-order valence-corrected chi connectivity index (χ3v) is 6.69. The van der Waals surface area contributed by atoms with Gasteiger partial charge in [-0.15, -0.1) is 0 Å². The SMILES string of the molecule is C=CCOc1ccc(C2=NN3[C@H](C2)c2ccccc2O[C@@H]3c2ccc(OCCCCCC)cc2)cc1. The molecule has 5 heteroatoms. The fraction of sp³-hybridized carbons (Fsp3) is 0.323. The van der Waals surface area contributed by atoms with E-state index in [1.807, 2.05) is 30.3 Å². The van der Waals surface area contributed by atoms with Gasteiger partial charge in [0, 0.05) is 17.5 Å². The molecule has 186 valence electrons. The first-order valence-electron chi connectivity index (χ1n) is 12.9. The van der Waals surface area contributed by atoms with Crippen molar-refractivity contribution in [2.75, 3.05) is 13.2 Å². The second-order valence-corrected chi connectivity index (χ2v) is 9.26. The molecule has 5 nitrogen and oxygen atoms in total. The van der Waals surface area contributed by atoms with Crippen LogP contribution in [0.2, 0.25) is 0 Å². The molecule has 3 aromatic rings. The van der Waals surface area contributed by atoms with E-state index in [1.165, 1.54) is 24.8 Å². The summed E-state index contributed by atoms with van der Waals surface area (Å²) < 4.78 is 18.1. The summed E-state index contributed by atoms with van der Waals surface area (Å²) >= 11 is 0. The van der Waals surface area contributed by atoms with Crippen LogP contribution in [-0.2, 0) is 0 Å². The molecule has 0 radical (unpaired) electrons. The molecule has 0 spiro atoms. The highest BCUT2D eigenvalue weighted by Gasteiger charge is 2.40. The normalized spacial score (nSPS) is 18.0. The summed E-state index contributed by atoms with van der Waals surface area (Å²) in [5.74, 6) is 2.64. The molecule has 5 rings (SSSR count). The van der Waals surface area contributed by atoms with Gasteiger partial charge in [0.1, 0.15) is 23.9 Å². The van der Waals surface area contributed by atoms with Crippen molar-refractivity contribution in [1.82, 2.24) is 5.01 Å². The van der Waals surface area contributed by atoms with Gasteiger partial charge in [0.15, 0.2) is 0 Å². The maximum atomic E-state index is 6.49. The van der Waals surface area contributed by atoms with E-state index in [2.05, 4.69) is 61.0 Å². The molecule has 0 fully saturated rings. The van der Waals surface area contributed by atoms with E-state index < -0.39 is 0 Å². The van der Waals surface area contributed by atoms with Crippen LogP contribution in [-0.4, -0.2) is 23.9 Å². The van der Waals surface area contributed by atoms with E-state index in [9.17, 15) is 0 Å². The van der Waals surface area contributed by atoms with Crippen LogP contribution in [0.15, 0.2) is 90.6 Å². The average molecular weight is 483 g/mol. The largest absolute Gasteiger partial charge is 0.494 e. The van der Waals surface area contributed by atoms with Crippen LogP contribution in [0.1, 0.15) is 68.0 Å². The van der Waals surface area contributed by atoms with Gasteiger partial charge in [-0.25, -0.2) is 5.01 Å². The summed E-state index contributed by atoms with van der Waals surface area (Å²) in [6.45, 7) is 7.18. The van der Waals surface area contributed by atoms with Crippen LogP contribution in [0.3, 0.4) is 0 Å². The van der Waals surface area contributed by atoms with E-state index in [4.69, 9.17) is 19.3 Å². The molecule has 0 saturated heterocycles. The maximum Gasteiger partial charge on any atom is 0.213 e. The van der Waals surface area contributed by atoms with Crippen LogP contribution in [0.5, 0.6) is 17.2 Å². The van der Waals surface area contributed by atoms with Gasteiger partial charge < -0.3 is 14.2 Å². The number of para-hydroxylation sites is 1. The molecule has 3 aromatic carbocycles. The Morgan fingerprint density at radius 3 is 2.47 bits per heavy atom. The van der Waals surface area contributed by atoms with Crippen molar-refractivity contribution < 1.29 is 14.2 Å². The third-order valence-electron chi connectivity index (χ3n) is 6.69. The van der Waals surface area contributed by atoms with Crippen molar-refractivity contribution in [3.63, 3.8) is 0 Å². The highest BCUT2D eigenvalue weighted by molar-refractivity contribution is 6.02. The van der Waals surface area contributed by atoms with Gasteiger partial charge in [-0.05, 0) is 66.6 Å². The smallest absolute Gasteiger partial charge is 0.213 e. The Hall–Kier alpha value is -3.73. The maximum absolute atomic E-state index is 6.49. The summed E-state index contributed by atoms with van der Waals surface area (Å²) in [5.41, 5.74) is 4.38. The van der Waals surface area contributed by atoms with Crippen LogP contribution in [0.25, 0.3) is 0 Å². The fourth-order valence-electron chi connectivity index (χ4n) is 4.77. The minimum absolute atomic E-state index is 0.126. The van der Waals surface area contributed by atoms with E-state index in [0.717, 1.165) is 53.5 Å². The Balaban J connectivity index is 1.35. The number of nitrogens with zero attached hydrogens (tertiary/aromatic N) is 2. The number of benzene rings is 3. The molecule has 0 aromatic heterocycles. The van der Waals surface area contributed by atoms with E-state index in [-0.39, 0.29) is 12.3 Å². The van der Waals surface area contributed by atoms with Gasteiger partial charge in [0.25, 0.3) is 0 Å². The molecule has 0 bridgehead atoms. The minimum Gasteiger partial charge on any atom is -0.494 e. The third kappa shape index (κ3) is 5.25. The predicted octanol–water partition coefficient (Wildman–Crippen LogP) is 7.45. The number of rotatable bonds is 11. The van der Waals surface area contributed by atoms with Crippen LogP contribution >= 0.6 is 0 Å². The molecule has 0 aliphatic carbocycles. The van der Waals surface area contributed by atoms with Crippen LogP contribution in [0, 0.1) is 0 Å². The summed E-state index contributed by atoms with van der Waals surface area (Å²) in [4.78, 5) is 0. The first-order chi connectivity index (χ1) is 17.8. The lowest BCUT2D eigenvalue weighted by atomic mass is 9.96. The number of hydrogen-bond acceptors (Lipinski definition) is 5. The lowest BCUT2D eigenvalue weighted by molar-refractivity contribution is -0.0190. The van der Waals surface area contributed by atoms with Crippen molar-refractivity contribution >= 4 is 5.71 Å². The zero-order valence-corrected chi connectivity index (χ0v) is 20.9. The molecule has 0 unspecified atom stereocenters. The predicted molar refractivity (Wildman–Crippen MR) is 144 cm³/mol. The summed E-state index contributed by atoms with van der Waals surface area (Å²) in [6.07, 6.45) is 7.07. The van der Waals surface area contributed by atoms with Gasteiger partial charge in [-0.3, -0.25) is 0 Å². The zero-order valence-electron chi connectivity index (χ0n) is 20.9. The van der Waals surface area contributed by atoms with Gasteiger partial charge in [0.05, 0.1) is 18.4 Å². The fourth-order valence-corrected chi connectivity index (χ4v) is 4.77. The Kier molecular flexibility index (Phi) is 7.55. The molecule has 2 atom stereocenters. The quantitative estimate of drug-likeness (QED) is 0.210. The zero-order chi connectivity index (χ0) is 24.7. The molecule has 2 heterocycles. The number of hydrogen-bond donors (Lipinski definition) is 0. The molecule has 2 aliphatic heterocycles. The van der Waals surface area contributed by atoms with Crippen LogP contribution < -0.4 is 14.2 Å². The lowest BCUT2D eigenvalue weighted by Gasteiger charge is -2.38. The van der Waals surface area contributed by atoms with Crippen LogP contribution in [0.4, 0.5) is 0 Å². The van der Waals surface area contributed by atoms with Gasteiger partial charge >= 0.3 is 0 Å². The Bertz CT molecular complexity index is 1190. The highest BCUT2D eigenvalue weighted by atomic mass is 16.5. The first-order valence-corrected chi connectivity index (χ1v) is 12.9. The van der Waals surface area contributed by atoms with Crippen molar-refractivity contribution in [3.8, 4) is 17.2 Å². The van der Waals surface area contributed by atoms with Gasteiger partial charge in [0.2, 0.25) is 6.23 Å². The lowest BCUT2D eigenvalue weighted by Crippen LogP contribution is -2.33. The molecular weight excluding hydrogens is 448 g/mol. The van der Waals surface area contributed by atoms with Crippen molar-refractivity contribution in [2.45, 2.75) is 51.3 Å². The standard InChI is InChI=1S/C31H34N2O3/c1-3-5-6-9-21-35-26-18-14-24(15-19-26)31-33-29(27-10-7-8-11-30(27)36-31)22-28(32-33)23-12-16-25(17-13-23)34-20-4-2/h4,7-8,10-19,29,31H,2-3,5-6,9,20-22H2,1H3/t29-,31-/m1/s1. The molecular formula is C31H34N2O3. The first kappa shape index (κ1) is 24.0. The number of unbranched alkanes of at least 4 members (excludes halogenated alkanes) is 3. The monoisotopic (exact) mass is 482 g/mol. The molecule has 0 saturated carbocycles. The number of hydrazone groups is 1. The summed E-state index contributed by atoms with van der Waals surface area (Å²) in [7, 11) is 0. The second kappa shape index (κ2) is 11.3. The molecule has 0 N–H and O–H groups in total.